The molecular formula is C62H72N8O6. The van der Waals surface area contributed by atoms with E-state index in [2.05, 4.69) is 78.1 Å². The van der Waals surface area contributed by atoms with Crippen LogP contribution in [0.3, 0.4) is 0 Å². The molecule has 6 heterocycles. The molecule has 0 spiro atoms. The van der Waals surface area contributed by atoms with E-state index >= 15 is 0 Å². The fourth-order valence-electron chi connectivity index (χ4n) is 12.2. The molecule has 4 aliphatic heterocycles. The van der Waals surface area contributed by atoms with E-state index in [1.165, 1.54) is 33.6 Å². The molecule has 4 fully saturated rings. The quantitative estimate of drug-likeness (QED) is 0.123. The highest BCUT2D eigenvalue weighted by molar-refractivity contribution is 5.99. The molecule has 0 radical (unpaired) electrons. The number of hydrogen-bond donors (Lipinski definition) is 0. The largest absolute Gasteiger partial charge is 0.495 e. The average Bonchev–Trinajstić information content (AvgIpc) is 4.13. The van der Waals surface area contributed by atoms with Gasteiger partial charge in [-0.15, -0.1) is 0 Å². The smallest absolute Gasteiger partial charge is 0.250 e. The second kappa shape index (κ2) is 23.0. The zero-order chi connectivity index (χ0) is 52.1. The van der Waals surface area contributed by atoms with Gasteiger partial charge >= 0.3 is 0 Å². The van der Waals surface area contributed by atoms with Gasteiger partial charge in [-0.3, -0.25) is 9.59 Å². The number of aromatic nitrogens is 4. The van der Waals surface area contributed by atoms with Crippen LogP contribution in [0.2, 0.25) is 0 Å². The summed E-state index contributed by atoms with van der Waals surface area (Å²) in [6.45, 7) is 12.3. The SMILES string of the molecule is COc1cc(/C=C2\CCCN([C@@H]3CCCc4ccc(N5CCOCC5)cc43)C2=O)ccc1-n1cnc(C)c1.COc1cc(/C=C2\CCCN([C@H]3CCCc4ccc(N5CCOCC5)cc43)C2=O)ccc1-n1cnc(C)c1. The molecule has 76 heavy (non-hydrogen) atoms. The second-order valence-corrected chi connectivity index (χ2v) is 21.0. The number of imidazole rings is 2. The van der Waals surface area contributed by atoms with Crippen LogP contribution in [0.25, 0.3) is 23.5 Å². The third-order valence-electron chi connectivity index (χ3n) is 16.2. The number of amides is 2. The van der Waals surface area contributed by atoms with Gasteiger partial charge in [0.25, 0.3) is 0 Å². The molecule has 0 unspecified atom stereocenters. The number of ether oxygens (including phenoxy) is 4. The highest BCUT2D eigenvalue weighted by atomic mass is 16.5. The van der Waals surface area contributed by atoms with Crippen LogP contribution < -0.4 is 19.3 Å². The van der Waals surface area contributed by atoms with Crippen molar-refractivity contribution in [2.75, 3.05) is 89.7 Å². The predicted octanol–water partition coefficient (Wildman–Crippen LogP) is 10.2. The summed E-state index contributed by atoms with van der Waals surface area (Å²) >= 11 is 0. The van der Waals surface area contributed by atoms with Crippen LogP contribution >= 0.6 is 0 Å². The van der Waals surface area contributed by atoms with Crippen LogP contribution in [0, 0.1) is 13.8 Å². The summed E-state index contributed by atoms with van der Waals surface area (Å²) in [6.07, 6.45) is 21.6. The van der Waals surface area contributed by atoms with E-state index in [1.807, 2.05) is 71.8 Å². The molecule has 4 saturated heterocycles. The maximum absolute atomic E-state index is 13.9. The van der Waals surface area contributed by atoms with E-state index in [0.29, 0.717) is 0 Å². The van der Waals surface area contributed by atoms with Crippen molar-refractivity contribution in [1.29, 1.82) is 0 Å². The summed E-state index contributed by atoms with van der Waals surface area (Å²) in [4.78, 5) is 45.5. The molecule has 2 amide bonds. The lowest BCUT2D eigenvalue weighted by molar-refractivity contribution is -0.132. The molecule has 6 aromatic rings. The molecule has 0 saturated carbocycles. The summed E-state index contributed by atoms with van der Waals surface area (Å²) in [5.41, 5.74) is 15.4. The molecule has 2 aliphatic carbocycles. The van der Waals surface area contributed by atoms with Crippen LogP contribution in [0.5, 0.6) is 11.5 Å². The summed E-state index contributed by atoms with van der Waals surface area (Å²) < 4.78 is 26.4. The monoisotopic (exact) mass is 1020 g/mol. The van der Waals surface area contributed by atoms with Crippen molar-refractivity contribution in [1.82, 2.24) is 28.9 Å². The molecular weight excluding hydrogens is 953 g/mol. The lowest BCUT2D eigenvalue weighted by Crippen LogP contribution is -2.41. The number of nitrogens with zero attached hydrogens (tertiary/aromatic N) is 8. The Bertz CT molecular complexity index is 2920. The molecule has 12 rings (SSSR count). The molecule has 2 atom stereocenters. The van der Waals surface area contributed by atoms with E-state index in [0.717, 1.165) is 186 Å². The average molecular weight is 1030 g/mol. The summed E-state index contributed by atoms with van der Waals surface area (Å²) in [7, 11) is 3.36. The van der Waals surface area contributed by atoms with Crippen molar-refractivity contribution in [3.05, 3.63) is 154 Å². The number of anilines is 2. The lowest BCUT2D eigenvalue weighted by Gasteiger charge is -2.39. The maximum Gasteiger partial charge on any atom is 0.250 e. The van der Waals surface area contributed by atoms with E-state index in [-0.39, 0.29) is 23.9 Å². The second-order valence-electron chi connectivity index (χ2n) is 21.0. The van der Waals surface area contributed by atoms with Gasteiger partial charge < -0.3 is 47.7 Å². The normalized spacial score (nSPS) is 21.1. The molecule has 6 aliphatic rings. The number of morpholine rings is 2. The van der Waals surface area contributed by atoms with Crippen LogP contribution in [-0.2, 0) is 31.9 Å². The first-order valence-corrected chi connectivity index (χ1v) is 27.5. The minimum absolute atomic E-state index is 0.136. The van der Waals surface area contributed by atoms with Crippen molar-refractivity contribution in [2.24, 2.45) is 0 Å². The number of rotatable bonds is 10. The van der Waals surface area contributed by atoms with Gasteiger partial charge in [0.05, 0.1) is 88.1 Å². The van der Waals surface area contributed by atoms with Crippen LogP contribution in [0.4, 0.5) is 11.4 Å². The maximum atomic E-state index is 13.9. The Morgan fingerprint density at radius 1 is 0.526 bits per heavy atom. The highest BCUT2D eigenvalue weighted by Crippen LogP contribution is 2.42. The number of likely N-dealkylation sites (tertiary alicyclic amines) is 2. The molecule has 0 bridgehead atoms. The van der Waals surface area contributed by atoms with Gasteiger partial charge in [-0.1, -0.05) is 24.3 Å². The zero-order valence-electron chi connectivity index (χ0n) is 44.7. The van der Waals surface area contributed by atoms with Crippen molar-refractivity contribution in [3.63, 3.8) is 0 Å². The molecule has 4 aromatic carbocycles. The first kappa shape index (κ1) is 51.0. The molecule has 14 heteroatoms. The number of carbonyl (C=O) groups excluding carboxylic acids is 2. The van der Waals surface area contributed by atoms with Crippen molar-refractivity contribution < 1.29 is 28.5 Å². The van der Waals surface area contributed by atoms with E-state index in [4.69, 9.17) is 18.9 Å². The van der Waals surface area contributed by atoms with Gasteiger partial charge in [-0.05, 0) is 172 Å². The van der Waals surface area contributed by atoms with Crippen LogP contribution in [0.1, 0.15) is 108 Å². The summed E-state index contributed by atoms with van der Waals surface area (Å²) in [5, 5.41) is 0. The number of methoxy groups -OCH3 is 2. The van der Waals surface area contributed by atoms with Gasteiger partial charge in [-0.25, -0.2) is 9.97 Å². The van der Waals surface area contributed by atoms with Gasteiger partial charge in [0, 0.05) is 74.2 Å². The minimum Gasteiger partial charge on any atom is -0.495 e. The lowest BCUT2D eigenvalue weighted by atomic mass is 9.85. The number of carbonyl (C=O) groups is 2. The Labute approximate surface area is 447 Å². The number of aryl methyl sites for hydroxylation is 4. The molecule has 2 aromatic heterocycles. The van der Waals surface area contributed by atoms with Gasteiger partial charge in [0.1, 0.15) is 11.5 Å². The molecule has 396 valence electrons. The predicted molar refractivity (Wildman–Crippen MR) is 298 cm³/mol. The Kier molecular flexibility index (Phi) is 15.4. The molecule has 0 N–H and O–H groups in total. The van der Waals surface area contributed by atoms with Gasteiger partial charge in [-0.2, -0.15) is 0 Å². The Morgan fingerprint density at radius 3 is 1.36 bits per heavy atom. The Hall–Kier alpha value is -7.16. The fourth-order valence-corrected chi connectivity index (χ4v) is 12.2. The zero-order valence-corrected chi connectivity index (χ0v) is 44.7. The van der Waals surface area contributed by atoms with Crippen molar-refractivity contribution in [2.45, 2.75) is 90.1 Å². The van der Waals surface area contributed by atoms with Crippen LogP contribution in [0.15, 0.2) is 109 Å². The number of benzene rings is 4. The third-order valence-corrected chi connectivity index (χ3v) is 16.2. The Morgan fingerprint density at radius 2 is 0.961 bits per heavy atom. The highest BCUT2D eigenvalue weighted by Gasteiger charge is 2.35. The third kappa shape index (κ3) is 10.9. The van der Waals surface area contributed by atoms with Gasteiger partial charge in [0.15, 0.2) is 0 Å². The number of fused-ring (bicyclic) bond motifs is 2. The number of piperidine rings is 2. The van der Waals surface area contributed by atoms with Crippen molar-refractivity contribution >= 4 is 35.3 Å². The fraction of sp³-hybridized carbons (Fsp3) is 0.419. The van der Waals surface area contributed by atoms with Gasteiger partial charge in [0.2, 0.25) is 11.8 Å². The topological polar surface area (TPSA) is 120 Å². The minimum atomic E-state index is 0.136. The standard InChI is InChI=1S/2C31H36N4O3/c2*1-22-20-34(21-32-22)29-11-8-23(18-30(29)37-2)17-25-6-4-12-35(31(25)36)28-7-3-5-24-9-10-26(19-27(24)28)33-13-15-38-16-14-33/h2*8-11,17-21,28H,3-7,12-16H2,1-2H3/b2*25-17+/t2*28-/m10/s1. The number of hydrogen-bond acceptors (Lipinski definition) is 10. The summed E-state index contributed by atoms with van der Waals surface area (Å²) in [6, 6.07) is 26.2. The summed E-state index contributed by atoms with van der Waals surface area (Å²) in [5.74, 6) is 1.85. The van der Waals surface area contributed by atoms with E-state index < -0.39 is 0 Å². The molecule has 14 nitrogen and oxygen atoms in total. The van der Waals surface area contributed by atoms with Crippen molar-refractivity contribution in [3.8, 4) is 22.9 Å². The van der Waals surface area contributed by atoms with E-state index in [1.54, 1.807) is 26.9 Å². The van der Waals surface area contributed by atoms with Crippen LogP contribution in [-0.4, -0.2) is 121 Å². The first-order valence-electron chi connectivity index (χ1n) is 27.5. The van der Waals surface area contributed by atoms with E-state index in [9.17, 15) is 9.59 Å². The Balaban J connectivity index is 0.000000162. The first-order chi connectivity index (χ1) is 37.2.